The largest absolute Gasteiger partial charge is 0.489 e. The molecule has 4 nitrogen and oxygen atoms in total. The van der Waals surface area contributed by atoms with Gasteiger partial charge in [0, 0.05) is 12.8 Å². The van der Waals surface area contributed by atoms with Gasteiger partial charge in [-0.2, -0.15) is 0 Å². The number of aromatic nitrogens is 1. The van der Waals surface area contributed by atoms with Gasteiger partial charge in [0.2, 0.25) is 0 Å². The van der Waals surface area contributed by atoms with Crippen molar-refractivity contribution in [3.8, 4) is 5.75 Å². The second kappa shape index (κ2) is 5.09. The van der Waals surface area contributed by atoms with Crippen LogP contribution < -0.4 is 4.74 Å². The summed E-state index contributed by atoms with van der Waals surface area (Å²) in [4.78, 5) is 4.06. The molecule has 0 bridgehead atoms. The molecule has 82 valence electrons. The van der Waals surface area contributed by atoms with Crippen molar-refractivity contribution in [2.24, 2.45) is 0 Å². The monoisotopic (exact) mass is 209 g/mol. The van der Waals surface area contributed by atoms with E-state index in [0.29, 0.717) is 5.69 Å². The lowest BCUT2D eigenvalue weighted by Crippen LogP contribution is -2.25. The Bertz CT molecular complexity index is 293. The van der Waals surface area contributed by atoms with Crippen LogP contribution in [0, 0.1) is 0 Å². The van der Waals surface area contributed by atoms with Crippen LogP contribution in [0.5, 0.6) is 5.75 Å². The number of ether oxygens (including phenoxy) is 2. The van der Waals surface area contributed by atoms with E-state index in [2.05, 4.69) is 4.98 Å². The standard InChI is InChI=1S/C11H15NO3/c13-8-9-1-2-11(7-12-9)15-10-3-5-14-6-4-10/h1-2,7,10,13H,3-6,8H2. The van der Waals surface area contributed by atoms with E-state index in [9.17, 15) is 0 Å². The summed E-state index contributed by atoms with van der Waals surface area (Å²) >= 11 is 0. The van der Waals surface area contributed by atoms with E-state index in [4.69, 9.17) is 14.6 Å². The van der Waals surface area contributed by atoms with Crippen molar-refractivity contribution in [3.05, 3.63) is 24.0 Å². The van der Waals surface area contributed by atoms with Crippen LogP contribution in [-0.2, 0) is 11.3 Å². The van der Waals surface area contributed by atoms with Crippen LogP contribution in [0.3, 0.4) is 0 Å². The third-order valence-corrected chi connectivity index (χ3v) is 2.43. The highest BCUT2D eigenvalue weighted by molar-refractivity contribution is 5.19. The van der Waals surface area contributed by atoms with Gasteiger partial charge in [-0.15, -0.1) is 0 Å². The predicted molar refractivity (Wildman–Crippen MR) is 54.6 cm³/mol. The van der Waals surface area contributed by atoms with E-state index in [-0.39, 0.29) is 12.7 Å². The number of hydrogen-bond donors (Lipinski definition) is 1. The summed E-state index contributed by atoms with van der Waals surface area (Å²) in [6, 6.07) is 3.61. The lowest BCUT2D eigenvalue weighted by molar-refractivity contribution is 0.0254. The Balaban J connectivity index is 1.91. The molecule has 2 rings (SSSR count). The molecular formula is C11H15NO3. The van der Waals surface area contributed by atoms with Crippen molar-refractivity contribution in [2.45, 2.75) is 25.6 Å². The van der Waals surface area contributed by atoms with Crippen LogP contribution in [0.1, 0.15) is 18.5 Å². The van der Waals surface area contributed by atoms with Gasteiger partial charge < -0.3 is 14.6 Å². The minimum atomic E-state index is -0.0302. The molecule has 15 heavy (non-hydrogen) atoms. The first-order valence-corrected chi connectivity index (χ1v) is 5.18. The van der Waals surface area contributed by atoms with Gasteiger partial charge in [0.05, 0.1) is 31.7 Å². The zero-order chi connectivity index (χ0) is 10.5. The summed E-state index contributed by atoms with van der Waals surface area (Å²) in [6.45, 7) is 1.51. The number of aliphatic hydroxyl groups is 1. The maximum atomic E-state index is 8.83. The zero-order valence-electron chi connectivity index (χ0n) is 8.56. The highest BCUT2D eigenvalue weighted by atomic mass is 16.5. The van der Waals surface area contributed by atoms with E-state index in [1.807, 2.05) is 6.07 Å². The molecule has 1 aromatic heterocycles. The Morgan fingerprint density at radius 2 is 2.20 bits per heavy atom. The maximum absolute atomic E-state index is 8.83. The first-order chi connectivity index (χ1) is 7.38. The molecule has 0 radical (unpaired) electrons. The van der Waals surface area contributed by atoms with Gasteiger partial charge in [0.25, 0.3) is 0 Å². The van der Waals surface area contributed by atoms with Gasteiger partial charge in [-0.1, -0.05) is 0 Å². The molecule has 1 aliphatic rings. The SMILES string of the molecule is OCc1ccc(OC2CCOCC2)cn1. The van der Waals surface area contributed by atoms with Crippen molar-refractivity contribution in [3.63, 3.8) is 0 Å². The van der Waals surface area contributed by atoms with Crippen LogP contribution in [0.25, 0.3) is 0 Å². The Morgan fingerprint density at radius 3 is 2.80 bits per heavy atom. The normalized spacial score (nSPS) is 17.7. The van der Waals surface area contributed by atoms with Crippen molar-refractivity contribution in [1.29, 1.82) is 0 Å². The molecule has 0 spiro atoms. The van der Waals surface area contributed by atoms with Crippen LogP contribution >= 0.6 is 0 Å². The fourth-order valence-electron chi connectivity index (χ4n) is 1.56. The Morgan fingerprint density at radius 1 is 1.40 bits per heavy atom. The lowest BCUT2D eigenvalue weighted by Gasteiger charge is -2.23. The minimum Gasteiger partial charge on any atom is -0.489 e. The summed E-state index contributed by atoms with van der Waals surface area (Å²) in [5.74, 6) is 0.763. The number of nitrogens with zero attached hydrogens (tertiary/aromatic N) is 1. The Kier molecular flexibility index (Phi) is 3.53. The summed E-state index contributed by atoms with van der Waals surface area (Å²) in [6.07, 6.45) is 3.75. The molecule has 1 N–H and O–H groups in total. The fraction of sp³-hybridized carbons (Fsp3) is 0.545. The number of pyridine rings is 1. The Hall–Kier alpha value is -1.13. The van der Waals surface area contributed by atoms with Crippen LogP contribution in [0.4, 0.5) is 0 Å². The molecule has 1 saturated heterocycles. The molecule has 1 aromatic rings. The second-order valence-corrected chi connectivity index (χ2v) is 3.57. The van der Waals surface area contributed by atoms with Crippen molar-refractivity contribution >= 4 is 0 Å². The number of rotatable bonds is 3. The fourth-order valence-corrected chi connectivity index (χ4v) is 1.56. The summed E-state index contributed by atoms with van der Waals surface area (Å²) in [5, 5.41) is 8.83. The summed E-state index contributed by atoms with van der Waals surface area (Å²) in [5.41, 5.74) is 0.661. The molecule has 0 saturated carbocycles. The quantitative estimate of drug-likeness (QED) is 0.810. The molecule has 1 fully saturated rings. The molecule has 2 heterocycles. The minimum absolute atomic E-state index is 0.0302. The van der Waals surface area contributed by atoms with Crippen molar-refractivity contribution < 1.29 is 14.6 Å². The van der Waals surface area contributed by atoms with E-state index in [1.165, 1.54) is 0 Å². The molecule has 1 aliphatic heterocycles. The van der Waals surface area contributed by atoms with Crippen LogP contribution in [0.2, 0.25) is 0 Å². The highest BCUT2D eigenvalue weighted by Crippen LogP contribution is 2.16. The molecule has 0 unspecified atom stereocenters. The molecule has 0 atom stereocenters. The van der Waals surface area contributed by atoms with E-state index < -0.39 is 0 Å². The van der Waals surface area contributed by atoms with Gasteiger partial charge >= 0.3 is 0 Å². The van der Waals surface area contributed by atoms with Gasteiger partial charge in [-0.3, -0.25) is 4.98 Å². The van der Waals surface area contributed by atoms with Gasteiger partial charge in [-0.25, -0.2) is 0 Å². The zero-order valence-corrected chi connectivity index (χ0v) is 8.56. The smallest absolute Gasteiger partial charge is 0.138 e. The van der Waals surface area contributed by atoms with E-state index in [0.717, 1.165) is 31.8 Å². The van der Waals surface area contributed by atoms with Gasteiger partial charge in [-0.05, 0) is 12.1 Å². The molecule has 0 aromatic carbocycles. The molecule has 0 amide bonds. The number of hydrogen-bond acceptors (Lipinski definition) is 4. The van der Waals surface area contributed by atoms with Crippen molar-refractivity contribution in [2.75, 3.05) is 13.2 Å². The first kappa shape index (κ1) is 10.4. The van der Waals surface area contributed by atoms with E-state index in [1.54, 1.807) is 12.3 Å². The van der Waals surface area contributed by atoms with Crippen molar-refractivity contribution in [1.82, 2.24) is 4.98 Å². The third kappa shape index (κ3) is 2.91. The number of aliphatic hydroxyl groups excluding tert-OH is 1. The lowest BCUT2D eigenvalue weighted by atomic mass is 10.1. The molecule has 0 aliphatic carbocycles. The predicted octanol–water partition coefficient (Wildman–Crippen LogP) is 1.13. The summed E-state index contributed by atoms with van der Waals surface area (Å²) in [7, 11) is 0. The van der Waals surface area contributed by atoms with E-state index >= 15 is 0 Å². The highest BCUT2D eigenvalue weighted by Gasteiger charge is 2.15. The average molecular weight is 209 g/mol. The molecular weight excluding hydrogens is 194 g/mol. The summed E-state index contributed by atoms with van der Waals surface area (Å²) < 4.78 is 11.0. The molecule has 4 heteroatoms. The maximum Gasteiger partial charge on any atom is 0.138 e. The third-order valence-electron chi connectivity index (χ3n) is 2.43. The first-order valence-electron chi connectivity index (χ1n) is 5.18. The Labute approximate surface area is 88.9 Å². The second-order valence-electron chi connectivity index (χ2n) is 3.57. The van der Waals surface area contributed by atoms with Crippen LogP contribution in [0.15, 0.2) is 18.3 Å². The van der Waals surface area contributed by atoms with Gasteiger partial charge in [0.1, 0.15) is 11.9 Å². The topological polar surface area (TPSA) is 51.6 Å². The average Bonchev–Trinajstić information content (AvgIpc) is 2.31. The van der Waals surface area contributed by atoms with Crippen LogP contribution in [-0.4, -0.2) is 29.4 Å². The van der Waals surface area contributed by atoms with Gasteiger partial charge in [0.15, 0.2) is 0 Å².